The first-order chi connectivity index (χ1) is 10.3. The van der Waals surface area contributed by atoms with Crippen molar-refractivity contribution < 1.29 is 14.3 Å². The van der Waals surface area contributed by atoms with Crippen LogP contribution in [0.3, 0.4) is 0 Å². The van der Waals surface area contributed by atoms with Gasteiger partial charge in [-0.1, -0.05) is 42.5 Å². The molecule has 0 saturated carbocycles. The number of anilines is 1. The zero-order valence-corrected chi connectivity index (χ0v) is 11.9. The largest absolute Gasteiger partial charge is 0.441 e. The maximum atomic E-state index is 11.9. The number of carbonyl (C=O) groups is 1. The van der Waals surface area contributed by atoms with Gasteiger partial charge in [0.05, 0.1) is 13.2 Å². The van der Waals surface area contributed by atoms with Gasteiger partial charge < -0.3 is 9.47 Å². The van der Waals surface area contributed by atoms with E-state index in [0.29, 0.717) is 13.2 Å². The van der Waals surface area contributed by atoms with Crippen LogP contribution in [0.15, 0.2) is 54.6 Å². The fraction of sp³-hybridized carbons (Fsp3) is 0.235. The monoisotopic (exact) mass is 283 g/mol. The number of hydrogen-bond acceptors (Lipinski definition) is 3. The number of nitrogens with zero attached hydrogens (tertiary/aromatic N) is 1. The van der Waals surface area contributed by atoms with E-state index in [1.54, 1.807) is 12.0 Å². The highest BCUT2D eigenvalue weighted by Gasteiger charge is 2.32. The number of amides is 1. The predicted octanol–water partition coefficient (Wildman–Crippen LogP) is 3.33. The van der Waals surface area contributed by atoms with Crippen LogP contribution in [0.2, 0.25) is 0 Å². The molecule has 0 aromatic heterocycles. The molecule has 1 amide bonds. The van der Waals surface area contributed by atoms with Gasteiger partial charge in [-0.3, -0.25) is 4.90 Å². The second-order valence-corrected chi connectivity index (χ2v) is 4.98. The van der Waals surface area contributed by atoms with Gasteiger partial charge in [0.25, 0.3) is 0 Å². The standard InChI is InChI=1S/C17H17NO3/c1-20-12-16-11-18(17(19)21-16)15-9-7-14(8-10-15)13-5-3-2-4-6-13/h2-10,16H,11-12H2,1H3/t16-/m1/s1. The average molecular weight is 283 g/mol. The minimum absolute atomic E-state index is 0.198. The third-order valence-electron chi connectivity index (χ3n) is 3.51. The van der Waals surface area contributed by atoms with Crippen molar-refractivity contribution in [1.82, 2.24) is 0 Å². The number of carbonyl (C=O) groups excluding carboxylic acids is 1. The van der Waals surface area contributed by atoms with Crippen LogP contribution in [-0.2, 0) is 9.47 Å². The molecule has 1 aliphatic rings. The number of cyclic esters (lactones) is 1. The van der Waals surface area contributed by atoms with E-state index in [2.05, 4.69) is 12.1 Å². The van der Waals surface area contributed by atoms with E-state index in [1.807, 2.05) is 42.5 Å². The molecule has 0 bridgehead atoms. The predicted molar refractivity (Wildman–Crippen MR) is 81.4 cm³/mol. The Bertz CT molecular complexity index is 610. The SMILES string of the molecule is COC[C@H]1CN(c2ccc(-c3ccccc3)cc2)C(=O)O1. The van der Waals surface area contributed by atoms with Crippen LogP contribution in [0.25, 0.3) is 11.1 Å². The highest BCUT2D eigenvalue weighted by atomic mass is 16.6. The third kappa shape index (κ3) is 2.90. The van der Waals surface area contributed by atoms with E-state index in [0.717, 1.165) is 16.8 Å². The van der Waals surface area contributed by atoms with Gasteiger partial charge in [0.15, 0.2) is 0 Å². The Kier molecular flexibility index (Phi) is 3.88. The topological polar surface area (TPSA) is 38.8 Å². The Morgan fingerprint density at radius 1 is 1.10 bits per heavy atom. The van der Waals surface area contributed by atoms with E-state index in [9.17, 15) is 4.79 Å². The molecule has 2 aromatic rings. The van der Waals surface area contributed by atoms with Crippen LogP contribution in [0.1, 0.15) is 0 Å². The lowest BCUT2D eigenvalue weighted by Gasteiger charge is -2.13. The van der Waals surface area contributed by atoms with E-state index < -0.39 is 0 Å². The Labute approximate surface area is 123 Å². The summed E-state index contributed by atoms with van der Waals surface area (Å²) in [5.74, 6) is 0. The molecule has 1 atom stereocenters. The second-order valence-electron chi connectivity index (χ2n) is 4.98. The molecule has 2 aromatic carbocycles. The average Bonchev–Trinajstić information content (AvgIpc) is 2.89. The van der Waals surface area contributed by atoms with Gasteiger partial charge in [-0.15, -0.1) is 0 Å². The van der Waals surface area contributed by atoms with Gasteiger partial charge in [-0.2, -0.15) is 0 Å². The van der Waals surface area contributed by atoms with E-state index in [1.165, 1.54) is 0 Å². The quantitative estimate of drug-likeness (QED) is 0.864. The summed E-state index contributed by atoms with van der Waals surface area (Å²) in [6, 6.07) is 18.1. The normalized spacial score (nSPS) is 17.9. The fourth-order valence-corrected chi connectivity index (χ4v) is 2.47. The van der Waals surface area contributed by atoms with Crippen LogP contribution in [0, 0.1) is 0 Å². The van der Waals surface area contributed by atoms with Gasteiger partial charge in [-0.05, 0) is 23.3 Å². The molecular formula is C17H17NO3. The van der Waals surface area contributed by atoms with Crippen molar-refractivity contribution in [2.24, 2.45) is 0 Å². The van der Waals surface area contributed by atoms with Crippen molar-refractivity contribution >= 4 is 11.8 Å². The minimum Gasteiger partial charge on any atom is -0.441 e. The van der Waals surface area contributed by atoms with Crippen molar-refractivity contribution in [2.45, 2.75) is 6.10 Å². The maximum absolute atomic E-state index is 11.9. The summed E-state index contributed by atoms with van der Waals surface area (Å²) in [4.78, 5) is 13.5. The summed E-state index contributed by atoms with van der Waals surface area (Å²) >= 11 is 0. The van der Waals surface area contributed by atoms with E-state index >= 15 is 0 Å². The molecule has 0 aliphatic carbocycles. The Hall–Kier alpha value is -2.33. The zero-order valence-electron chi connectivity index (χ0n) is 11.9. The van der Waals surface area contributed by atoms with Gasteiger partial charge in [-0.25, -0.2) is 4.79 Å². The molecule has 21 heavy (non-hydrogen) atoms. The molecular weight excluding hydrogens is 266 g/mol. The molecule has 4 nitrogen and oxygen atoms in total. The summed E-state index contributed by atoms with van der Waals surface area (Å²) in [6.45, 7) is 0.946. The molecule has 1 aliphatic heterocycles. The first-order valence-corrected chi connectivity index (χ1v) is 6.90. The van der Waals surface area contributed by atoms with Gasteiger partial charge >= 0.3 is 6.09 Å². The van der Waals surface area contributed by atoms with E-state index in [-0.39, 0.29) is 12.2 Å². The highest BCUT2D eigenvalue weighted by molar-refractivity contribution is 5.90. The number of ether oxygens (including phenoxy) is 2. The summed E-state index contributed by atoms with van der Waals surface area (Å²) in [6.07, 6.45) is -0.513. The summed E-state index contributed by atoms with van der Waals surface area (Å²) in [5, 5.41) is 0. The molecule has 0 radical (unpaired) electrons. The van der Waals surface area contributed by atoms with E-state index in [4.69, 9.17) is 9.47 Å². The van der Waals surface area contributed by atoms with Crippen LogP contribution >= 0.6 is 0 Å². The molecule has 1 saturated heterocycles. The van der Waals surface area contributed by atoms with Crippen molar-refractivity contribution in [1.29, 1.82) is 0 Å². The molecule has 4 heteroatoms. The number of hydrogen-bond donors (Lipinski definition) is 0. The van der Waals surface area contributed by atoms with Crippen LogP contribution in [0.4, 0.5) is 10.5 Å². The summed E-state index contributed by atoms with van der Waals surface area (Å²) in [5.41, 5.74) is 3.13. The molecule has 0 unspecified atom stereocenters. The number of rotatable bonds is 4. The number of methoxy groups -OCH3 is 1. The first-order valence-electron chi connectivity index (χ1n) is 6.90. The van der Waals surface area contributed by atoms with Crippen molar-refractivity contribution in [3.8, 4) is 11.1 Å². The Morgan fingerprint density at radius 3 is 2.43 bits per heavy atom. The van der Waals surface area contributed by atoms with Gasteiger partial charge in [0.2, 0.25) is 0 Å². The first kappa shape index (κ1) is 13.6. The lowest BCUT2D eigenvalue weighted by atomic mass is 10.1. The molecule has 108 valence electrons. The molecule has 0 N–H and O–H groups in total. The molecule has 1 fully saturated rings. The lowest BCUT2D eigenvalue weighted by molar-refractivity contribution is 0.0718. The summed E-state index contributed by atoms with van der Waals surface area (Å²) < 4.78 is 10.3. The smallest absolute Gasteiger partial charge is 0.414 e. The third-order valence-corrected chi connectivity index (χ3v) is 3.51. The van der Waals surface area contributed by atoms with Crippen LogP contribution in [-0.4, -0.2) is 32.5 Å². The molecule has 3 rings (SSSR count). The molecule has 1 heterocycles. The van der Waals surface area contributed by atoms with Gasteiger partial charge in [0, 0.05) is 12.8 Å². The highest BCUT2D eigenvalue weighted by Crippen LogP contribution is 2.26. The van der Waals surface area contributed by atoms with Crippen molar-refractivity contribution in [2.75, 3.05) is 25.2 Å². The van der Waals surface area contributed by atoms with Crippen LogP contribution < -0.4 is 4.90 Å². The zero-order chi connectivity index (χ0) is 14.7. The Balaban J connectivity index is 1.77. The number of benzene rings is 2. The van der Waals surface area contributed by atoms with Crippen molar-refractivity contribution in [3.63, 3.8) is 0 Å². The molecule has 0 spiro atoms. The Morgan fingerprint density at radius 2 is 1.76 bits per heavy atom. The minimum atomic E-state index is -0.315. The van der Waals surface area contributed by atoms with Crippen LogP contribution in [0.5, 0.6) is 0 Å². The second kappa shape index (κ2) is 5.97. The lowest BCUT2D eigenvalue weighted by Crippen LogP contribution is -2.25. The summed E-state index contributed by atoms with van der Waals surface area (Å²) in [7, 11) is 1.60. The fourth-order valence-electron chi connectivity index (χ4n) is 2.47. The van der Waals surface area contributed by atoms with Gasteiger partial charge in [0.1, 0.15) is 6.10 Å². The maximum Gasteiger partial charge on any atom is 0.414 e. The van der Waals surface area contributed by atoms with Crippen molar-refractivity contribution in [3.05, 3.63) is 54.6 Å².